The van der Waals surface area contributed by atoms with E-state index in [-0.39, 0.29) is 17.8 Å². The van der Waals surface area contributed by atoms with Gasteiger partial charge in [0.15, 0.2) is 0 Å². The van der Waals surface area contributed by atoms with E-state index in [2.05, 4.69) is 39.9 Å². The third-order valence-electron chi connectivity index (χ3n) is 3.17. The monoisotopic (exact) mass is 262 g/mol. The van der Waals surface area contributed by atoms with Crippen molar-refractivity contribution < 1.29 is 4.79 Å². The molecule has 1 heterocycles. The summed E-state index contributed by atoms with van der Waals surface area (Å²) in [6, 6.07) is 0.762. The SMILES string of the molecule is CC1CN(C(=O)CCC(C)(C)C)C(C)CN1.Cl. The zero-order valence-corrected chi connectivity index (χ0v) is 12.6. The second-order valence-corrected chi connectivity index (χ2v) is 6.27. The molecule has 0 aromatic rings. The average molecular weight is 263 g/mol. The Bertz CT molecular complexity index is 250. The van der Waals surface area contributed by atoms with Crippen LogP contribution < -0.4 is 5.32 Å². The predicted molar refractivity (Wildman–Crippen MR) is 74.6 cm³/mol. The molecule has 1 N–H and O–H groups in total. The van der Waals surface area contributed by atoms with Gasteiger partial charge in [0.2, 0.25) is 5.91 Å². The minimum atomic E-state index is 0. The van der Waals surface area contributed by atoms with Gasteiger partial charge in [-0.25, -0.2) is 0 Å². The molecule has 0 radical (unpaired) electrons. The van der Waals surface area contributed by atoms with Crippen LogP contribution in [0.4, 0.5) is 0 Å². The van der Waals surface area contributed by atoms with E-state index in [1.54, 1.807) is 0 Å². The molecule has 0 aromatic carbocycles. The van der Waals surface area contributed by atoms with E-state index in [1.165, 1.54) is 0 Å². The molecular formula is C13H27ClN2O. The van der Waals surface area contributed by atoms with Crippen molar-refractivity contribution in [2.24, 2.45) is 5.41 Å². The predicted octanol–water partition coefficient (Wildman–Crippen LogP) is 2.44. The molecule has 0 spiro atoms. The molecule has 3 nitrogen and oxygen atoms in total. The van der Waals surface area contributed by atoms with E-state index < -0.39 is 0 Å². The minimum Gasteiger partial charge on any atom is -0.337 e. The molecule has 0 saturated carbocycles. The van der Waals surface area contributed by atoms with Gasteiger partial charge in [0.25, 0.3) is 0 Å². The van der Waals surface area contributed by atoms with Crippen LogP contribution in [0.1, 0.15) is 47.5 Å². The first kappa shape index (κ1) is 16.7. The van der Waals surface area contributed by atoms with Crippen molar-refractivity contribution in [3.05, 3.63) is 0 Å². The Balaban J connectivity index is 0.00000256. The first-order valence-corrected chi connectivity index (χ1v) is 6.32. The summed E-state index contributed by atoms with van der Waals surface area (Å²) in [5, 5.41) is 3.40. The summed E-state index contributed by atoms with van der Waals surface area (Å²) >= 11 is 0. The highest BCUT2D eigenvalue weighted by molar-refractivity contribution is 5.85. The summed E-state index contributed by atoms with van der Waals surface area (Å²) in [4.78, 5) is 14.1. The fourth-order valence-corrected chi connectivity index (χ4v) is 1.99. The Hall–Kier alpha value is -0.280. The summed E-state index contributed by atoms with van der Waals surface area (Å²) in [5.41, 5.74) is 0.249. The molecule has 0 aromatic heterocycles. The van der Waals surface area contributed by atoms with Gasteiger partial charge in [-0.3, -0.25) is 4.79 Å². The molecule has 1 rings (SSSR count). The molecule has 1 fully saturated rings. The molecule has 0 bridgehead atoms. The first-order valence-electron chi connectivity index (χ1n) is 6.32. The van der Waals surface area contributed by atoms with Crippen LogP contribution in [0.5, 0.6) is 0 Å². The summed E-state index contributed by atoms with van der Waals surface area (Å²) in [6.45, 7) is 12.6. The fraction of sp³-hybridized carbons (Fsp3) is 0.923. The van der Waals surface area contributed by atoms with Gasteiger partial charge in [-0.15, -0.1) is 12.4 Å². The van der Waals surface area contributed by atoms with Crippen LogP contribution in [0.3, 0.4) is 0 Å². The number of carbonyl (C=O) groups is 1. The number of amides is 1. The maximum Gasteiger partial charge on any atom is 0.222 e. The lowest BCUT2D eigenvalue weighted by Crippen LogP contribution is -2.56. The molecule has 1 saturated heterocycles. The van der Waals surface area contributed by atoms with Crippen molar-refractivity contribution in [1.82, 2.24) is 10.2 Å². The molecule has 2 unspecified atom stereocenters. The zero-order valence-electron chi connectivity index (χ0n) is 11.7. The standard InChI is InChI=1S/C13H26N2O.ClH/c1-10-9-15(11(2)8-14-10)12(16)6-7-13(3,4)5;/h10-11,14H,6-9H2,1-5H3;1H. The summed E-state index contributed by atoms with van der Waals surface area (Å²) in [7, 11) is 0. The zero-order chi connectivity index (χ0) is 12.3. The number of carbonyl (C=O) groups excluding carboxylic acids is 1. The second-order valence-electron chi connectivity index (χ2n) is 6.27. The highest BCUT2D eigenvalue weighted by Gasteiger charge is 2.26. The molecule has 1 aliphatic rings. The van der Waals surface area contributed by atoms with Gasteiger partial charge in [-0.2, -0.15) is 0 Å². The van der Waals surface area contributed by atoms with Crippen LogP contribution in [0.2, 0.25) is 0 Å². The maximum absolute atomic E-state index is 12.1. The molecule has 4 heteroatoms. The quantitative estimate of drug-likeness (QED) is 0.829. The Morgan fingerprint density at radius 1 is 1.35 bits per heavy atom. The molecule has 2 atom stereocenters. The van der Waals surface area contributed by atoms with E-state index in [4.69, 9.17) is 0 Å². The van der Waals surface area contributed by atoms with Crippen LogP contribution in [-0.2, 0) is 4.79 Å². The molecule has 0 aliphatic carbocycles. The van der Waals surface area contributed by atoms with Gasteiger partial charge in [0.1, 0.15) is 0 Å². The van der Waals surface area contributed by atoms with E-state index in [1.807, 2.05) is 4.90 Å². The van der Waals surface area contributed by atoms with Gasteiger partial charge in [0, 0.05) is 31.6 Å². The van der Waals surface area contributed by atoms with Crippen molar-refractivity contribution in [1.29, 1.82) is 0 Å². The van der Waals surface area contributed by atoms with Crippen molar-refractivity contribution in [3.8, 4) is 0 Å². The van der Waals surface area contributed by atoms with Crippen molar-refractivity contribution >= 4 is 18.3 Å². The molecule has 1 aliphatic heterocycles. The van der Waals surface area contributed by atoms with Crippen LogP contribution in [0, 0.1) is 5.41 Å². The summed E-state index contributed by atoms with van der Waals surface area (Å²) in [5.74, 6) is 0.316. The average Bonchev–Trinajstić information content (AvgIpc) is 2.17. The second kappa shape index (κ2) is 6.60. The molecular weight excluding hydrogens is 236 g/mol. The number of piperazine rings is 1. The lowest BCUT2D eigenvalue weighted by Gasteiger charge is -2.38. The van der Waals surface area contributed by atoms with Crippen molar-refractivity contribution in [2.45, 2.75) is 59.5 Å². The largest absolute Gasteiger partial charge is 0.337 e. The molecule has 17 heavy (non-hydrogen) atoms. The fourth-order valence-electron chi connectivity index (χ4n) is 1.99. The highest BCUT2D eigenvalue weighted by Crippen LogP contribution is 2.22. The number of nitrogens with one attached hydrogen (secondary N) is 1. The number of rotatable bonds is 2. The van der Waals surface area contributed by atoms with Crippen molar-refractivity contribution in [3.63, 3.8) is 0 Å². The third kappa shape index (κ3) is 5.73. The summed E-state index contributed by atoms with van der Waals surface area (Å²) < 4.78 is 0. The van der Waals surface area contributed by atoms with E-state index in [0.29, 0.717) is 24.4 Å². The highest BCUT2D eigenvalue weighted by atomic mass is 35.5. The lowest BCUT2D eigenvalue weighted by molar-refractivity contribution is -0.135. The van der Waals surface area contributed by atoms with Gasteiger partial charge < -0.3 is 10.2 Å². The maximum atomic E-state index is 12.1. The molecule has 1 amide bonds. The topological polar surface area (TPSA) is 32.3 Å². The van der Waals surface area contributed by atoms with Gasteiger partial charge in [-0.1, -0.05) is 20.8 Å². The summed E-state index contributed by atoms with van der Waals surface area (Å²) in [6.07, 6.45) is 1.65. The van der Waals surface area contributed by atoms with Gasteiger partial charge in [0.05, 0.1) is 0 Å². The normalized spacial score (nSPS) is 25.4. The van der Waals surface area contributed by atoms with Crippen LogP contribution in [0.25, 0.3) is 0 Å². The van der Waals surface area contributed by atoms with Gasteiger partial charge in [-0.05, 0) is 25.7 Å². The van der Waals surface area contributed by atoms with Gasteiger partial charge >= 0.3 is 0 Å². The van der Waals surface area contributed by atoms with Crippen LogP contribution >= 0.6 is 12.4 Å². The number of nitrogens with zero attached hydrogens (tertiary/aromatic N) is 1. The molecule has 102 valence electrons. The van der Waals surface area contributed by atoms with E-state index in [9.17, 15) is 4.79 Å². The van der Waals surface area contributed by atoms with E-state index >= 15 is 0 Å². The van der Waals surface area contributed by atoms with E-state index in [0.717, 1.165) is 19.5 Å². The van der Waals surface area contributed by atoms with Crippen LogP contribution in [-0.4, -0.2) is 36.0 Å². The minimum absolute atomic E-state index is 0. The lowest BCUT2D eigenvalue weighted by atomic mass is 9.90. The Morgan fingerprint density at radius 3 is 2.47 bits per heavy atom. The Kier molecular flexibility index (Phi) is 6.49. The number of halogens is 1. The number of hydrogen-bond donors (Lipinski definition) is 1. The number of hydrogen-bond acceptors (Lipinski definition) is 2. The Morgan fingerprint density at radius 2 is 1.94 bits per heavy atom. The van der Waals surface area contributed by atoms with Crippen molar-refractivity contribution in [2.75, 3.05) is 13.1 Å². The first-order chi connectivity index (χ1) is 7.29. The third-order valence-corrected chi connectivity index (χ3v) is 3.17. The Labute approximate surface area is 112 Å². The van der Waals surface area contributed by atoms with Crippen LogP contribution in [0.15, 0.2) is 0 Å². The smallest absolute Gasteiger partial charge is 0.222 e.